The van der Waals surface area contributed by atoms with Gasteiger partial charge in [-0.1, -0.05) is 19.0 Å². The van der Waals surface area contributed by atoms with Crippen molar-refractivity contribution in [1.82, 2.24) is 10.1 Å². The minimum atomic E-state index is 0.0510. The highest BCUT2D eigenvalue weighted by atomic mass is 32.2. The van der Waals surface area contributed by atoms with Gasteiger partial charge < -0.3 is 15.0 Å². The molecular formula is C12H21N3O2S. The molecule has 1 aromatic heterocycles. The Morgan fingerprint density at radius 2 is 2.33 bits per heavy atom. The molecule has 2 heterocycles. The van der Waals surface area contributed by atoms with Crippen LogP contribution < -0.4 is 5.73 Å². The minimum absolute atomic E-state index is 0.0510. The molecule has 1 saturated heterocycles. The van der Waals surface area contributed by atoms with E-state index < -0.39 is 0 Å². The third-order valence-corrected chi connectivity index (χ3v) is 4.26. The topological polar surface area (TPSA) is 74.2 Å². The van der Waals surface area contributed by atoms with Gasteiger partial charge in [0.2, 0.25) is 5.89 Å². The quantitative estimate of drug-likeness (QED) is 0.880. The number of ether oxygens (including phenoxy) is 1. The number of rotatable bonds is 5. The lowest BCUT2D eigenvalue weighted by Crippen LogP contribution is -2.37. The lowest BCUT2D eigenvalue weighted by Gasteiger charge is -2.25. The van der Waals surface area contributed by atoms with Crippen LogP contribution in [0.25, 0.3) is 0 Å². The number of nitrogens with zero attached hydrogens (tertiary/aromatic N) is 2. The molecular weight excluding hydrogens is 250 g/mol. The molecule has 102 valence electrons. The summed E-state index contributed by atoms with van der Waals surface area (Å²) in [5, 5.41) is 4.00. The Labute approximate surface area is 112 Å². The van der Waals surface area contributed by atoms with Crippen molar-refractivity contribution in [3.63, 3.8) is 0 Å². The molecule has 1 aromatic rings. The van der Waals surface area contributed by atoms with Gasteiger partial charge in [-0.25, -0.2) is 0 Å². The molecule has 6 heteroatoms. The molecule has 0 saturated carbocycles. The van der Waals surface area contributed by atoms with E-state index in [4.69, 9.17) is 15.0 Å². The maximum atomic E-state index is 6.05. The second-order valence-electron chi connectivity index (χ2n) is 5.09. The largest absolute Gasteiger partial charge is 0.381 e. The summed E-state index contributed by atoms with van der Waals surface area (Å²) < 4.78 is 10.7. The Kier molecular flexibility index (Phi) is 5.03. The first kappa shape index (κ1) is 13.8. The molecule has 0 radical (unpaired) electrons. The molecule has 0 bridgehead atoms. The fraction of sp³-hybridized carbons (Fsp3) is 0.833. The highest BCUT2D eigenvalue weighted by Crippen LogP contribution is 2.24. The van der Waals surface area contributed by atoms with Crippen molar-refractivity contribution < 1.29 is 9.26 Å². The number of nitrogens with two attached hydrogens (primary N) is 1. The summed E-state index contributed by atoms with van der Waals surface area (Å²) in [6.45, 7) is 5.71. The zero-order chi connectivity index (χ0) is 13.0. The Morgan fingerprint density at radius 1 is 1.50 bits per heavy atom. The van der Waals surface area contributed by atoms with Crippen LogP contribution in [0.1, 0.15) is 37.9 Å². The van der Waals surface area contributed by atoms with Crippen molar-refractivity contribution in [3.05, 3.63) is 11.7 Å². The molecule has 1 aliphatic rings. The van der Waals surface area contributed by atoms with Gasteiger partial charge in [-0.15, -0.1) is 0 Å². The summed E-state index contributed by atoms with van der Waals surface area (Å²) >= 11 is 1.83. The van der Waals surface area contributed by atoms with Gasteiger partial charge in [0, 0.05) is 12.6 Å². The third-order valence-electron chi connectivity index (χ3n) is 2.89. The van der Waals surface area contributed by atoms with Gasteiger partial charge in [-0.05, 0) is 18.1 Å². The molecule has 5 nitrogen and oxygen atoms in total. The molecule has 0 aromatic carbocycles. The Hall–Kier alpha value is -0.590. The van der Waals surface area contributed by atoms with Crippen LogP contribution in [0.2, 0.25) is 0 Å². The zero-order valence-corrected chi connectivity index (χ0v) is 11.8. The number of hydrogen-bond donors (Lipinski definition) is 1. The van der Waals surface area contributed by atoms with E-state index in [0.29, 0.717) is 18.4 Å². The van der Waals surface area contributed by atoms with Crippen molar-refractivity contribution in [2.75, 3.05) is 19.0 Å². The SMILES string of the molecule is CC(C)CSCc1noc(C2COCCC2N)n1. The zero-order valence-electron chi connectivity index (χ0n) is 11.0. The van der Waals surface area contributed by atoms with Crippen molar-refractivity contribution in [3.8, 4) is 0 Å². The van der Waals surface area contributed by atoms with Crippen LogP contribution in [0.5, 0.6) is 0 Å². The van der Waals surface area contributed by atoms with Gasteiger partial charge in [0.15, 0.2) is 5.82 Å². The van der Waals surface area contributed by atoms with E-state index in [1.54, 1.807) is 0 Å². The fourth-order valence-corrected chi connectivity index (χ4v) is 2.76. The number of aromatic nitrogens is 2. The van der Waals surface area contributed by atoms with Gasteiger partial charge in [0.1, 0.15) is 0 Å². The third kappa shape index (κ3) is 3.70. The molecule has 0 amide bonds. The van der Waals surface area contributed by atoms with Gasteiger partial charge in [-0.2, -0.15) is 16.7 Å². The van der Waals surface area contributed by atoms with Crippen LogP contribution in [-0.2, 0) is 10.5 Å². The lowest BCUT2D eigenvalue weighted by atomic mass is 9.97. The molecule has 2 unspecified atom stereocenters. The van der Waals surface area contributed by atoms with E-state index in [9.17, 15) is 0 Å². The second-order valence-corrected chi connectivity index (χ2v) is 6.12. The highest BCUT2D eigenvalue weighted by molar-refractivity contribution is 7.98. The molecule has 1 fully saturated rings. The Morgan fingerprint density at radius 3 is 3.06 bits per heavy atom. The first-order valence-corrected chi connectivity index (χ1v) is 7.56. The standard InChI is InChI=1S/C12H21N3O2S/c1-8(2)6-18-7-11-14-12(17-15-11)9-5-16-4-3-10(9)13/h8-10H,3-7,13H2,1-2H3. The maximum Gasteiger partial charge on any atom is 0.233 e. The first-order valence-electron chi connectivity index (χ1n) is 6.40. The molecule has 0 spiro atoms. The molecule has 0 aliphatic carbocycles. The summed E-state index contributed by atoms with van der Waals surface area (Å²) in [5.74, 6) is 4.02. The summed E-state index contributed by atoms with van der Waals surface area (Å²) in [6.07, 6.45) is 0.852. The van der Waals surface area contributed by atoms with E-state index in [-0.39, 0.29) is 12.0 Å². The minimum Gasteiger partial charge on any atom is -0.381 e. The van der Waals surface area contributed by atoms with Crippen molar-refractivity contribution in [2.24, 2.45) is 11.7 Å². The van der Waals surface area contributed by atoms with Gasteiger partial charge in [-0.3, -0.25) is 0 Å². The maximum absolute atomic E-state index is 6.05. The van der Waals surface area contributed by atoms with E-state index in [2.05, 4.69) is 24.0 Å². The van der Waals surface area contributed by atoms with Crippen LogP contribution in [0.3, 0.4) is 0 Å². The van der Waals surface area contributed by atoms with Crippen LogP contribution >= 0.6 is 11.8 Å². The highest BCUT2D eigenvalue weighted by Gasteiger charge is 2.29. The van der Waals surface area contributed by atoms with Crippen LogP contribution in [0, 0.1) is 5.92 Å². The Balaban J connectivity index is 1.88. The van der Waals surface area contributed by atoms with Crippen molar-refractivity contribution >= 4 is 11.8 Å². The molecule has 2 N–H and O–H groups in total. The Bertz CT molecular complexity index is 370. The monoisotopic (exact) mass is 271 g/mol. The number of thioether (sulfide) groups is 1. The van der Waals surface area contributed by atoms with E-state index in [1.807, 2.05) is 11.8 Å². The normalized spacial score (nSPS) is 24.7. The number of hydrogen-bond acceptors (Lipinski definition) is 6. The first-order chi connectivity index (χ1) is 8.66. The molecule has 18 heavy (non-hydrogen) atoms. The van der Waals surface area contributed by atoms with Crippen LogP contribution in [0.4, 0.5) is 0 Å². The van der Waals surface area contributed by atoms with E-state index in [0.717, 1.165) is 30.4 Å². The molecule has 2 rings (SSSR count). The van der Waals surface area contributed by atoms with Gasteiger partial charge in [0.25, 0.3) is 0 Å². The predicted molar refractivity (Wildman–Crippen MR) is 71.5 cm³/mol. The van der Waals surface area contributed by atoms with Crippen LogP contribution in [-0.4, -0.2) is 35.1 Å². The van der Waals surface area contributed by atoms with Crippen molar-refractivity contribution in [1.29, 1.82) is 0 Å². The smallest absolute Gasteiger partial charge is 0.233 e. The van der Waals surface area contributed by atoms with Crippen molar-refractivity contribution in [2.45, 2.75) is 38.0 Å². The molecule has 2 atom stereocenters. The molecule has 1 aliphatic heterocycles. The average molecular weight is 271 g/mol. The fourth-order valence-electron chi connectivity index (χ4n) is 1.87. The second kappa shape index (κ2) is 6.54. The summed E-state index contributed by atoms with van der Waals surface area (Å²) in [7, 11) is 0. The van der Waals surface area contributed by atoms with E-state index in [1.165, 1.54) is 0 Å². The summed E-state index contributed by atoms with van der Waals surface area (Å²) in [4.78, 5) is 4.42. The summed E-state index contributed by atoms with van der Waals surface area (Å²) in [5.41, 5.74) is 6.05. The van der Waals surface area contributed by atoms with Gasteiger partial charge in [0.05, 0.1) is 18.3 Å². The summed E-state index contributed by atoms with van der Waals surface area (Å²) in [6, 6.07) is 0.0652. The van der Waals surface area contributed by atoms with Crippen LogP contribution in [0.15, 0.2) is 4.52 Å². The lowest BCUT2D eigenvalue weighted by molar-refractivity contribution is 0.0590. The predicted octanol–water partition coefficient (Wildman–Crippen LogP) is 1.79. The van der Waals surface area contributed by atoms with Gasteiger partial charge >= 0.3 is 0 Å². The average Bonchev–Trinajstić information content (AvgIpc) is 2.78. The van der Waals surface area contributed by atoms with E-state index >= 15 is 0 Å².